The van der Waals surface area contributed by atoms with Crippen molar-refractivity contribution in [3.63, 3.8) is 0 Å². The number of nitrogens with one attached hydrogen (secondary N) is 1. The Morgan fingerprint density at radius 3 is 2.75 bits per heavy atom. The number of carbonyl (C=O) groups is 3. The van der Waals surface area contributed by atoms with Gasteiger partial charge in [0.15, 0.2) is 0 Å². The highest BCUT2D eigenvalue weighted by atomic mass is 32.1. The van der Waals surface area contributed by atoms with Crippen molar-refractivity contribution in [2.24, 2.45) is 0 Å². The van der Waals surface area contributed by atoms with E-state index in [1.807, 2.05) is 0 Å². The van der Waals surface area contributed by atoms with Crippen LogP contribution in [0, 0.1) is 0 Å². The molecule has 1 N–H and O–H groups in total. The predicted molar refractivity (Wildman–Crippen MR) is 75.5 cm³/mol. The van der Waals surface area contributed by atoms with E-state index in [0.29, 0.717) is 17.8 Å². The first-order valence-corrected chi connectivity index (χ1v) is 7.05. The van der Waals surface area contributed by atoms with Crippen LogP contribution in [0.4, 0.5) is 0 Å². The third kappa shape index (κ3) is 5.40. The first-order chi connectivity index (χ1) is 9.54. The summed E-state index contributed by atoms with van der Waals surface area (Å²) in [5.74, 6) is -0.743. The summed E-state index contributed by atoms with van der Waals surface area (Å²) in [4.78, 5) is 36.4. The number of hydrogen-bond acceptors (Lipinski definition) is 5. The fraction of sp³-hybridized carbons (Fsp3) is 0.462. The van der Waals surface area contributed by atoms with Gasteiger partial charge in [-0.1, -0.05) is 6.07 Å². The molecule has 0 aromatic carbocycles. The van der Waals surface area contributed by atoms with Crippen LogP contribution in [-0.4, -0.2) is 49.9 Å². The van der Waals surface area contributed by atoms with Crippen LogP contribution in [0.3, 0.4) is 0 Å². The molecule has 0 aliphatic carbocycles. The molecule has 0 bridgehead atoms. The number of thiophene rings is 1. The highest BCUT2D eigenvalue weighted by molar-refractivity contribution is 7.12. The van der Waals surface area contributed by atoms with Crippen molar-refractivity contribution in [3.05, 3.63) is 22.4 Å². The molecule has 0 fully saturated rings. The minimum Gasteiger partial charge on any atom is -0.469 e. The second kappa shape index (κ2) is 8.31. The van der Waals surface area contributed by atoms with Crippen LogP contribution >= 0.6 is 11.3 Å². The summed E-state index contributed by atoms with van der Waals surface area (Å²) in [5.41, 5.74) is 0. The Morgan fingerprint density at radius 1 is 1.40 bits per heavy atom. The summed E-state index contributed by atoms with van der Waals surface area (Å²) >= 11 is 1.32. The minimum atomic E-state index is -0.295. The van der Waals surface area contributed by atoms with E-state index < -0.39 is 0 Å². The summed E-state index contributed by atoms with van der Waals surface area (Å²) in [5, 5.41) is 4.37. The van der Waals surface area contributed by atoms with Gasteiger partial charge in [0.25, 0.3) is 5.91 Å². The fourth-order valence-corrected chi connectivity index (χ4v) is 2.11. The van der Waals surface area contributed by atoms with Gasteiger partial charge in [-0.25, -0.2) is 0 Å². The van der Waals surface area contributed by atoms with Crippen LogP contribution < -0.4 is 5.32 Å². The molecule has 1 aromatic heterocycles. The highest BCUT2D eigenvalue weighted by Crippen LogP contribution is 2.07. The maximum Gasteiger partial charge on any atom is 0.305 e. The first-order valence-electron chi connectivity index (χ1n) is 6.17. The predicted octanol–water partition coefficient (Wildman–Crippen LogP) is 0.890. The van der Waals surface area contributed by atoms with E-state index in [9.17, 15) is 14.4 Å². The zero-order chi connectivity index (χ0) is 15.0. The van der Waals surface area contributed by atoms with Gasteiger partial charge in [0.2, 0.25) is 5.91 Å². The van der Waals surface area contributed by atoms with Crippen LogP contribution in [-0.2, 0) is 14.3 Å². The Morgan fingerprint density at radius 2 is 2.15 bits per heavy atom. The van der Waals surface area contributed by atoms with E-state index in [4.69, 9.17) is 0 Å². The molecule has 0 aliphatic rings. The smallest absolute Gasteiger partial charge is 0.305 e. The van der Waals surface area contributed by atoms with Crippen molar-refractivity contribution in [1.82, 2.24) is 10.2 Å². The number of carbonyl (C=O) groups excluding carboxylic acids is 3. The normalized spacial score (nSPS) is 9.90. The van der Waals surface area contributed by atoms with Gasteiger partial charge in [-0.3, -0.25) is 14.4 Å². The van der Waals surface area contributed by atoms with Crippen molar-refractivity contribution >= 4 is 29.1 Å². The summed E-state index contributed by atoms with van der Waals surface area (Å²) in [6.07, 6.45) is 0.809. The lowest BCUT2D eigenvalue weighted by molar-refractivity contribution is -0.141. The van der Waals surface area contributed by atoms with E-state index in [2.05, 4.69) is 10.1 Å². The van der Waals surface area contributed by atoms with Crippen molar-refractivity contribution in [2.45, 2.75) is 12.8 Å². The van der Waals surface area contributed by atoms with Crippen molar-refractivity contribution in [1.29, 1.82) is 0 Å². The molecule has 0 radical (unpaired) electrons. The van der Waals surface area contributed by atoms with Crippen molar-refractivity contribution in [3.8, 4) is 0 Å². The quantitative estimate of drug-likeness (QED) is 0.759. The van der Waals surface area contributed by atoms with Gasteiger partial charge < -0.3 is 15.0 Å². The average Bonchev–Trinajstić information content (AvgIpc) is 2.98. The molecule has 0 saturated heterocycles. The number of ether oxygens (including phenoxy) is 1. The zero-order valence-corrected chi connectivity index (χ0v) is 12.4. The number of rotatable bonds is 7. The molecular formula is C13H18N2O4S. The molecular weight excluding hydrogens is 280 g/mol. The van der Waals surface area contributed by atoms with Gasteiger partial charge in [-0.2, -0.15) is 0 Å². The largest absolute Gasteiger partial charge is 0.469 e. The Bertz CT molecular complexity index is 459. The van der Waals surface area contributed by atoms with Crippen LogP contribution in [0.5, 0.6) is 0 Å². The standard InChI is InChI=1S/C13H18N2O4S/c1-15(7-3-6-12(17)19-2)11(16)9-14-13(18)10-5-4-8-20-10/h4-5,8H,3,6-7,9H2,1-2H3,(H,14,18). The van der Waals surface area contributed by atoms with Gasteiger partial charge >= 0.3 is 5.97 Å². The van der Waals surface area contributed by atoms with Crippen molar-refractivity contribution in [2.75, 3.05) is 27.2 Å². The number of esters is 1. The molecule has 1 rings (SSSR count). The number of hydrogen-bond donors (Lipinski definition) is 1. The van der Waals surface area contributed by atoms with Gasteiger partial charge in [0.1, 0.15) is 0 Å². The fourth-order valence-electron chi connectivity index (χ4n) is 1.47. The second-order valence-corrected chi connectivity index (χ2v) is 5.10. The number of nitrogens with zero attached hydrogens (tertiary/aromatic N) is 1. The van der Waals surface area contributed by atoms with E-state index in [-0.39, 0.29) is 30.7 Å². The Labute approximate surface area is 121 Å². The van der Waals surface area contributed by atoms with E-state index in [1.54, 1.807) is 24.6 Å². The molecule has 6 nitrogen and oxygen atoms in total. The highest BCUT2D eigenvalue weighted by Gasteiger charge is 2.12. The van der Waals surface area contributed by atoms with E-state index >= 15 is 0 Å². The lowest BCUT2D eigenvalue weighted by Gasteiger charge is -2.16. The molecule has 110 valence electrons. The van der Waals surface area contributed by atoms with Crippen molar-refractivity contribution < 1.29 is 19.1 Å². The number of amides is 2. The molecule has 1 aromatic rings. The second-order valence-electron chi connectivity index (χ2n) is 4.15. The van der Waals surface area contributed by atoms with Crippen LogP contribution in [0.15, 0.2) is 17.5 Å². The number of likely N-dealkylation sites (N-methyl/N-ethyl adjacent to an activating group) is 1. The molecule has 0 unspecified atom stereocenters. The van der Waals surface area contributed by atoms with Gasteiger partial charge in [0.05, 0.1) is 18.5 Å². The summed E-state index contributed by atoms with van der Waals surface area (Å²) in [6, 6.07) is 3.48. The Balaban J connectivity index is 2.24. The third-order valence-corrected chi connectivity index (χ3v) is 3.54. The van der Waals surface area contributed by atoms with E-state index in [1.165, 1.54) is 23.3 Å². The van der Waals surface area contributed by atoms with E-state index in [0.717, 1.165) is 0 Å². The molecule has 0 saturated carbocycles. The number of methoxy groups -OCH3 is 1. The Kier molecular flexibility index (Phi) is 6.72. The van der Waals surface area contributed by atoms with Gasteiger partial charge in [-0.15, -0.1) is 11.3 Å². The monoisotopic (exact) mass is 298 g/mol. The van der Waals surface area contributed by atoms with Crippen LogP contribution in [0.1, 0.15) is 22.5 Å². The topological polar surface area (TPSA) is 75.7 Å². The Hall–Kier alpha value is -1.89. The summed E-state index contributed by atoms with van der Waals surface area (Å²) in [6.45, 7) is 0.397. The van der Waals surface area contributed by atoms with Crippen LogP contribution in [0.2, 0.25) is 0 Å². The van der Waals surface area contributed by atoms with Gasteiger partial charge in [-0.05, 0) is 17.9 Å². The SMILES string of the molecule is COC(=O)CCCN(C)C(=O)CNC(=O)c1cccs1. The lowest BCUT2D eigenvalue weighted by atomic mass is 10.3. The minimum absolute atomic E-state index is 0.0501. The summed E-state index contributed by atoms with van der Waals surface area (Å²) < 4.78 is 4.51. The maximum atomic E-state index is 11.8. The van der Waals surface area contributed by atoms with Gasteiger partial charge in [0, 0.05) is 20.0 Å². The molecule has 7 heteroatoms. The molecule has 0 aliphatic heterocycles. The molecule has 0 spiro atoms. The summed E-state index contributed by atoms with van der Waals surface area (Å²) in [7, 11) is 2.97. The molecule has 2 amide bonds. The molecule has 20 heavy (non-hydrogen) atoms. The van der Waals surface area contributed by atoms with Crippen LogP contribution in [0.25, 0.3) is 0 Å². The first kappa shape index (κ1) is 16.2. The average molecular weight is 298 g/mol. The third-order valence-electron chi connectivity index (χ3n) is 2.67. The lowest BCUT2D eigenvalue weighted by Crippen LogP contribution is -2.38. The molecule has 0 atom stereocenters. The zero-order valence-electron chi connectivity index (χ0n) is 11.5. The molecule has 1 heterocycles. The maximum absolute atomic E-state index is 11.8.